The van der Waals surface area contributed by atoms with Crippen molar-refractivity contribution in [1.29, 1.82) is 0 Å². The van der Waals surface area contributed by atoms with Gasteiger partial charge in [0.15, 0.2) is 5.96 Å². The number of guanidine groups is 1. The zero-order valence-electron chi connectivity index (χ0n) is 9.39. The standard InChI is InChI=1S/C9H20N4O.2ClH/c10-9(12-8-11-4-7-14)13-5-2-1-3-6-13;;/h11,14H,1-8H2,(H2,10,12);2*1H. The van der Waals surface area contributed by atoms with Gasteiger partial charge in [-0.25, -0.2) is 4.99 Å². The van der Waals surface area contributed by atoms with Crippen LogP contribution in [0.1, 0.15) is 19.3 Å². The molecule has 0 atom stereocenters. The predicted molar refractivity (Wildman–Crippen MR) is 71.5 cm³/mol. The first-order valence-electron chi connectivity index (χ1n) is 5.21. The normalized spacial score (nSPS) is 16.3. The first-order valence-corrected chi connectivity index (χ1v) is 5.21. The van der Waals surface area contributed by atoms with Crippen molar-refractivity contribution in [1.82, 2.24) is 10.2 Å². The minimum Gasteiger partial charge on any atom is -0.395 e. The Labute approximate surface area is 109 Å². The van der Waals surface area contributed by atoms with Crippen molar-refractivity contribution in [3.05, 3.63) is 0 Å². The van der Waals surface area contributed by atoms with Gasteiger partial charge in [0.25, 0.3) is 0 Å². The van der Waals surface area contributed by atoms with Crippen LogP contribution in [0.2, 0.25) is 0 Å². The van der Waals surface area contributed by atoms with E-state index >= 15 is 0 Å². The van der Waals surface area contributed by atoms with E-state index in [-0.39, 0.29) is 31.4 Å². The van der Waals surface area contributed by atoms with E-state index in [1.165, 1.54) is 19.3 Å². The van der Waals surface area contributed by atoms with Gasteiger partial charge in [-0.1, -0.05) is 0 Å². The maximum Gasteiger partial charge on any atom is 0.192 e. The number of halogens is 2. The van der Waals surface area contributed by atoms with E-state index in [2.05, 4.69) is 15.2 Å². The number of nitrogens with two attached hydrogens (primary N) is 1. The third kappa shape index (κ3) is 7.11. The van der Waals surface area contributed by atoms with E-state index in [1.54, 1.807) is 0 Å². The van der Waals surface area contributed by atoms with Crippen LogP contribution in [0.15, 0.2) is 4.99 Å². The number of aliphatic hydroxyl groups is 1. The van der Waals surface area contributed by atoms with Gasteiger partial charge in [-0.15, -0.1) is 24.8 Å². The molecule has 0 unspecified atom stereocenters. The van der Waals surface area contributed by atoms with Gasteiger partial charge in [-0.3, -0.25) is 5.32 Å². The van der Waals surface area contributed by atoms with Gasteiger partial charge in [0.1, 0.15) is 0 Å². The Balaban J connectivity index is 0. The summed E-state index contributed by atoms with van der Waals surface area (Å²) >= 11 is 0. The molecule has 1 aliphatic heterocycles. The molecular formula is C9H22Cl2N4O. The zero-order valence-corrected chi connectivity index (χ0v) is 11.0. The van der Waals surface area contributed by atoms with Crippen LogP contribution in [0.5, 0.6) is 0 Å². The second-order valence-corrected chi connectivity index (χ2v) is 3.45. The van der Waals surface area contributed by atoms with Crippen LogP contribution in [0.3, 0.4) is 0 Å². The third-order valence-corrected chi connectivity index (χ3v) is 2.32. The molecule has 1 aliphatic rings. The lowest BCUT2D eigenvalue weighted by Crippen LogP contribution is -2.41. The van der Waals surface area contributed by atoms with E-state index in [4.69, 9.17) is 10.8 Å². The van der Waals surface area contributed by atoms with Crippen molar-refractivity contribution in [3.8, 4) is 0 Å². The summed E-state index contributed by atoms with van der Waals surface area (Å²) in [6.07, 6.45) is 3.72. The molecule has 5 nitrogen and oxygen atoms in total. The maximum atomic E-state index is 8.53. The van der Waals surface area contributed by atoms with Gasteiger partial charge in [0, 0.05) is 19.6 Å². The Kier molecular flexibility index (Phi) is 12.8. The number of nitrogens with one attached hydrogen (secondary N) is 1. The third-order valence-electron chi connectivity index (χ3n) is 2.32. The Hall–Kier alpha value is -0.230. The molecule has 16 heavy (non-hydrogen) atoms. The number of hydrogen-bond donors (Lipinski definition) is 3. The number of rotatable bonds is 4. The van der Waals surface area contributed by atoms with Crippen LogP contribution < -0.4 is 11.1 Å². The number of piperidine rings is 1. The van der Waals surface area contributed by atoms with Gasteiger partial charge in [-0.2, -0.15) is 0 Å². The van der Waals surface area contributed by atoms with E-state index in [0.29, 0.717) is 19.2 Å². The van der Waals surface area contributed by atoms with Crippen LogP contribution in [0, 0.1) is 0 Å². The summed E-state index contributed by atoms with van der Waals surface area (Å²) in [7, 11) is 0. The summed E-state index contributed by atoms with van der Waals surface area (Å²) < 4.78 is 0. The highest BCUT2D eigenvalue weighted by molar-refractivity contribution is 5.85. The van der Waals surface area contributed by atoms with E-state index in [1.807, 2.05) is 0 Å². The van der Waals surface area contributed by atoms with Gasteiger partial charge >= 0.3 is 0 Å². The fourth-order valence-corrected chi connectivity index (χ4v) is 1.52. The quantitative estimate of drug-likeness (QED) is 0.388. The molecule has 0 bridgehead atoms. The molecule has 1 saturated heterocycles. The Morgan fingerprint density at radius 3 is 2.44 bits per heavy atom. The average molecular weight is 273 g/mol. The second-order valence-electron chi connectivity index (χ2n) is 3.45. The second kappa shape index (κ2) is 11.3. The molecule has 0 aromatic heterocycles. The monoisotopic (exact) mass is 272 g/mol. The first kappa shape index (κ1) is 18.1. The molecule has 1 rings (SSSR count). The summed E-state index contributed by atoms with van der Waals surface area (Å²) in [5.74, 6) is 0.620. The fraction of sp³-hybridized carbons (Fsp3) is 0.889. The van der Waals surface area contributed by atoms with E-state index < -0.39 is 0 Å². The minimum atomic E-state index is 0. The van der Waals surface area contributed by atoms with Crippen LogP contribution in [0.4, 0.5) is 0 Å². The summed E-state index contributed by atoms with van der Waals surface area (Å²) in [5, 5.41) is 11.5. The van der Waals surface area contributed by atoms with Crippen LogP contribution >= 0.6 is 24.8 Å². The molecule has 7 heteroatoms. The molecule has 4 N–H and O–H groups in total. The van der Waals surface area contributed by atoms with Crippen molar-refractivity contribution >= 4 is 30.8 Å². The van der Waals surface area contributed by atoms with Crippen molar-refractivity contribution in [2.75, 3.05) is 32.9 Å². The molecule has 98 valence electrons. The molecular weight excluding hydrogens is 251 g/mol. The number of aliphatic hydroxyl groups excluding tert-OH is 1. The SMILES string of the molecule is Cl.Cl.NC(=NCNCCO)N1CCCCC1. The van der Waals surface area contributed by atoms with Gasteiger partial charge in [0.05, 0.1) is 13.3 Å². The summed E-state index contributed by atoms with van der Waals surface area (Å²) in [6.45, 7) is 3.24. The van der Waals surface area contributed by atoms with Gasteiger partial charge < -0.3 is 15.7 Å². The topological polar surface area (TPSA) is 73.9 Å². The molecule has 0 aromatic carbocycles. The van der Waals surface area contributed by atoms with Crippen molar-refractivity contribution < 1.29 is 5.11 Å². The average Bonchev–Trinajstić information content (AvgIpc) is 2.25. The smallest absolute Gasteiger partial charge is 0.192 e. The van der Waals surface area contributed by atoms with E-state index in [9.17, 15) is 0 Å². The van der Waals surface area contributed by atoms with Crippen LogP contribution in [-0.2, 0) is 0 Å². The highest BCUT2D eigenvalue weighted by Gasteiger charge is 2.10. The lowest BCUT2D eigenvalue weighted by molar-refractivity contribution is 0.292. The van der Waals surface area contributed by atoms with Crippen molar-refractivity contribution in [2.45, 2.75) is 19.3 Å². The van der Waals surface area contributed by atoms with Crippen molar-refractivity contribution in [3.63, 3.8) is 0 Å². The van der Waals surface area contributed by atoms with Crippen LogP contribution in [-0.4, -0.2) is 48.9 Å². The summed E-state index contributed by atoms with van der Waals surface area (Å²) in [6, 6.07) is 0. The number of likely N-dealkylation sites (tertiary alicyclic amines) is 1. The molecule has 1 fully saturated rings. The van der Waals surface area contributed by atoms with E-state index in [0.717, 1.165) is 13.1 Å². The number of nitrogens with zero attached hydrogens (tertiary/aromatic N) is 2. The highest BCUT2D eigenvalue weighted by atomic mass is 35.5. The maximum absolute atomic E-state index is 8.53. The molecule has 0 saturated carbocycles. The molecule has 0 spiro atoms. The van der Waals surface area contributed by atoms with Crippen molar-refractivity contribution in [2.24, 2.45) is 10.7 Å². The fourth-order valence-electron chi connectivity index (χ4n) is 1.52. The largest absolute Gasteiger partial charge is 0.395 e. The highest BCUT2D eigenvalue weighted by Crippen LogP contribution is 2.07. The Morgan fingerprint density at radius 2 is 1.88 bits per heavy atom. The van der Waals surface area contributed by atoms with Crippen LogP contribution in [0.25, 0.3) is 0 Å². The lowest BCUT2D eigenvalue weighted by Gasteiger charge is -2.27. The predicted octanol–water partition coefficient (Wildman–Crippen LogP) is 0.170. The Bertz CT molecular complexity index is 186. The molecule has 0 amide bonds. The summed E-state index contributed by atoms with van der Waals surface area (Å²) in [4.78, 5) is 6.30. The van der Waals surface area contributed by atoms with Gasteiger partial charge in [-0.05, 0) is 19.3 Å². The lowest BCUT2D eigenvalue weighted by atomic mass is 10.1. The summed E-state index contributed by atoms with van der Waals surface area (Å²) in [5.41, 5.74) is 5.80. The van der Waals surface area contributed by atoms with Gasteiger partial charge in [0.2, 0.25) is 0 Å². The molecule has 0 aliphatic carbocycles. The number of aliphatic imine (C=N–C) groups is 1. The zero-order chi connectivity index (χ0) is 10.2. The number of hydrogen-bond acceptors (Lipinski definition) is 3. The molecule has 1 heterocycles. The first-order chi connectivity index (χ1) is 6.84. The molecule has 0 radical (unpaired) electrons. The Morgan fingerprint density at radius 1 is 1.25 bits per heavy atom. The molecule has 0 aromatic rings. The minimum absolute atomic E-state index is 0.